The van der Waals surface area contributed by atoms with E-state index in [1.54, 1.807) is 6.08 Å². The number of carbonyl (C=O) groups excluding carboxylic acids is 7. The molecule has 0 aromatic heterocycles. The molecule has 6 saturated carbocycles. The van der Waals surface area contributed by atoms with Crippen LogP contribution in [0, 0.1) is 101 Å². The summed E-state index contributed by atoms with van der Waals surface area (Å²) in [6.07, 6.45) is 27.8. The van der Waals surface area contributed by atoms with Gasteiger partial charge in [0.05, 0.1) is 97.2 Å². The fraction of sp³-hybridized carbons (Fsp3) is 0.561. The maximum Gasteiger partial charge on any atom is 0.306 e. The van der Waals surface area contributed by atoms with Gasteiger partial charge >= 0.3 is 29.8 Å². The average Bonchev–Trinajstić information content (AvgIpc) is 1.64. The van der Waals surface area contributed by atoms with Crippen LogP contribution in [-0.4, -0.2) is 210 Å². The summed E-state index contributed by atoms with van der Waals surface area (Å²) in [5, 5.41) is 20.1. The highest BCUT2D eigenvalue weighted by Gasteiger charge is 2.55. The van der Waals surface area contributed by atoms with Gasteiger partial charge in [0.15, 0.2) is 18.7 Å². The molecule has 10 saturated heterocycles. The topological polar surface area (TPSA) is 335 Å². The lowest BCUT2D eigenvalue weighted by atomic mass is 9.87. The second-order valence-electron chi connectivity index (χ2n) is 38.3. The Hall–Kier alpha value is -9.95. The molecule has 16 fully saturated rings. The predicted molar refractivity (Wildman–Crippen MR) is 491 cm³/mol. The summed E-state index contributed by atoms with van der Waals surface area (Å²) >= 11 is 0. The summed E-state index contributed by atoms with van der Waals surface area (Å²) in [5.41, 5.74) is 0. The quantitative estimate of drug-likeness (QED) is 0.0171. The Morgan fingerprint density at radius 1 is 0.326 bits per heavy atom. The van der Waals surface area contributed by atoms with Crippen LogP contribution in [0.15, 0.2) is 212 Å². The van der Waals surface area contributed by atoms with Crippen molar-refractivity contribution in [1.29, 1.82) is 0 Å². The number of benzene rings is 5. The van der Waals surface area contributed by atoms with Gasteiger partial charge in [0.25, 0.3) is 0 Å². The monoisotopic (exact) mass is 1860 g/mol. The zero-order valence-electron chi connectivity index (χ0n) is 76.9. The lowest BCUT2D eigenvalue weighted by molar-refractivity contribution is -0.142. The van der Waals surface area contributed by atoms with Crippen LogP contribution in [0.5, 0.6) is 28.7 Å². The van der Waals surface area contributed by atoms with E-state index in [1.807, 2.05) is 195 Å². The normalized spacial score (nSPS) is 34.5. The van der Waals surface area contributed by atoms with Gasteiger partial charge in [0.2, 0.25) is 23.1 Å². The van der Waals surface area contributed by atoms with Crippen molar-refractivity contribution in [2.24, 2.45) is 101 Å². The highest BCUT2D eigenvalue weighted by atomic mass is 16.8. The SMILES string of the molecule is C.C[C@@H]1CC2OC(=O)C[C@@H]2C1C=O.C[C@@H]1C[C@@H]2OC(=O)C[C@@H]2[C@H]1/C=C/C(=O)COc1ccccc1.C[C@@H]1C[C@@H]2OC(=O)C[C@@H]2[C@H]1/C=C/C1(COc2ccccc2)OCCO1.C[C@@H]1C[C@@H]2OC(=O)C[C@@H]2[C@H]1/C=C/C1(COc2ccccc2)OCCO1.C[C@@H]1C[C@@H]2OC(O)C[C@@H]2[C@H]1/C=C/C1(COc2ccccc2)OCCO1.O=C1C[C@@H]2[C@@H](/C=C/C3(COc4ccccc4)OCCO3)[C@H](O)C[C@@H]2O1. The fourth-order valence-corrected chi connectivity index (χ4v) is 22.4. The number of hydrogen-bond donors (Lipinski definition) is 2. The molecular weight excluding hydrogens is 1730 g/mol. The van der Waals surface area contributed by atoms with Crippen LogP contribution in [0.4, 0.5) is 0 Å². The zero-order valence-corrected chi connectivity index (χ0v) is 76.9. The molecule has 3 unspecified atom stereocenters. The number of ether oxygens (including phenoxy) is 19. The number of carbonyl (C=O) groups is 7. The first-order valence-corrected chi connectivity index (χ1v) is 47.9. The van der Waals surface area contributed by atoms with E-state index in [1.165, 1.54) is 0 Å². The number of rotatable bonds is 26. The van der Waals surface area contributed by atoms with Crippen molar-refractivity contribution < 1.29 is 134 Å². The molecule has 10 aliphatic heterocycles. The van der Waals surface area contributed by atoms with Gasteiger partial charge in [0.1, 0.15) is 92.0 Å². The third kappa shape index (κ3) is 25.3. The Bertz CT molecular complexity index is 4560. The lowest BCUT2D eigenvalue weighted by Crippen LogP contribution is -2.35. The lowest BCUT2D eigenvalue weighted by Gasteiger charge is -2.25. The van der Waals surface area contributed by atoms with Gasteiger partial charge in [-0.2, -0.15) is 0 Å². The summed E-state index contributed by atoms with van der Waals surface area (Å²) in [6, 6.07) is 47.8. The van der Waals surface area contributed by atoms with E-state index in [0.717, 1.165) is 61.4 Å². The smallest absolute Gasteiger partial charge is 0.306 e. The Balaban J connectivity index is 0.000000124. The maximum absolute atomic E-state index is 11.9. The van der Waals surface area contributed by atoms with Crippen molar-refractivity contribution >= 4 is 41.9 Å². The first kappa shape index (κ1) is 99.5. The summed E-state index contributed by atoms with van der Waals surface area (Å²) in [6.45, 7) is 16.4. The summed E-state index contributed by atoms with van der Waals surface area (Å²) in [4.78, 5) is 79.5. The van der Waals surface area contributed by atoms with E-state index < -0.39 is 35.5 Å². The van der Waals surface area contributed by atoms with Gasteiger partial charge in [-0.15, -0.1) is 0 Å². The van der Waals surface area contributed by atoms with Crippen LogP contribution in [0.25, 0.3) is 0 Å². The molecule has 16 aliphatic rings. The molecule has 0 amide bonds. The molecular formula is C107H132O28. The van der Waals surface area contributed by atoms with Crippen molar-refractivity contribution in [2.45, 2.75) is 191 Å². The maximum atomic E-state index is 11.9. The van der Waals surface area contributed by atoms with Crippen LogP contribution in [-0.2, 0) is 99.9 Å². The molecule has 28 nitrogen and oxygen atoms in total. The second kappa shape index (κ2) is 46.0. The van der Waals surface area contributed by atoms with E-state index in [4.69, 9.17) is 90.0 Å². The zero-order chi connectivity index (χ0) is 93.4. The predicted octanol–water partition coefficient (Wildman–Crippen LogP) is 14.5. The minimum Gasteiger partial charge on any atom is -0.488 e. The van der Waals surface area contributed by atoms with E-state index >= 15 is 0 Å². The van der Waals surface area contributed by atoms with Gasteiger partial charge in [-0.05, 0) is 182 Å². The third-order valence-corrected chi connectivity index (χ3v) is 29.2. The van der Waals surface area contributed by atoms with E-state index in [-0.39, 0.29) is 140 Å². The number of para-hydroxylation sites is 5. The molecule has 0 bridgehead atoms. The molecule has 25 atom stereocenters. The van der Waals surface area contributed by atoms with Crippen molar-refractivity contribution in [1.82, 2.24) is 0 Å². The van der Waals surface area contributed by atoms with E-state index in [2.05, 4.69) is 45.9 Å². The van der Waals surface area contributed by atoms with Crippen LogP contribution >= 0.6 is 0 Å². The fourth-order valence-electron chi connectivity index (χ4n) is 22.4. The Morgan fingerprint density at radius 2 is 0.578 bits per heavy atom. The first-order valence-electron chi connectivity index (χ1n) is 47.9. The largest absolute Gasteiger partial charge is 0.488 e. The van der Waals surface area contributed by atoms with Gasteiger partial charge in [-0.3, -0.25) is 28.8 Å². The number of ketones is 1. The summed E-state index contributed by atoms with van der Waals surface area (Å²) < 4.78 is 108. The van der Waals surface area contributed by atoms with Crippen molar-refractivity contribution in [3.63, 3.8) is 0 Å². The van der Waals surface area contributed by atoms with Gasteiger partial charge in [0, 0.05) is 54.3 Å². The number of allylic oxidation sites excluding steroid dienone is 4. The third-order valence-electron chi connectivity index (χ3n) is 29.2. The molecule has 5 aromatic carbocycles. The van der Waals surface area contributed by atoms with Crippen LogP contribution < -0.4 is 23.7 Å². The molecule has 0 spiro atoms. The Kier molecular flexibility index (Phi) is 33.9. The molecule has 2 N–H and O–H groups in total. The van der Waals surface area contributed by atoms with Crippen LogP contribution in [0.3, 0.4) is 0 Å². The minimum absolute atomic E-state index is 0. The highest BCUT2D eigenvalue weighted by Crippen LogP contribution is 2.52. The van der Waals surface area contributed by atoms with E-state index in [9.17, 15) is 43.8 Å². The standard InChI is InChI=1S/C20H26O5.2C20H24O5.C19H22O6.C18H20O4.C9H12O3.CH4/c3*1-14-11-18-17(12-19(21)25-18)16(14)7-8-20(23-9-10-24-20)13-22-15-5-3-2-4-6-15;20-16-11-17-15(10-18(21)25-17)14(16)6-7-19(23-8-9-24-19)12-22-13-4-2-1-3-5-13;1-12-9-17-16(10-18(20)22-17)15(12)8-7-13(19)11-21-14-5-3-2-4-6-14;1-5-2-8-6(7(5)4-10)3-9(11)12-8;/h2-8,14,16-19,21H,9-13H2,1H3;2*2-8,14,16-18H,9-13H2,1H3;1-7,14-17,20H,8-12H2;2-8,12,15-17H,9-11H2,1H3;4-8H,2-3H2,1H3;1H4/b3*8-7+;7-6+;8-7+;;/t14-,16+,17-,18+,19?;2*14-,16+,17-,18+;14-,15-,16-,17+;12-,15+,16-,17+;5-,6-,7?,8?;/m111111./s1. The second-order valence-corrected chi connectivity index (χ2v) is 38.3. The Labute approximate surface area is 790 Å². The molecule has 5 aromatic rings. The summed E-state index contributed by atoms with van der Waals surface area (Å²) in [5.74, 6) is 4.41. The van der Waals surface area contributed by atoms with Crippen molar-refractivity contribution in [3.05, 3.63) is 212 Å². The average molecular weight is 1870 g/mol. The first-order chi connectivity index (χ1) is 65.0. The molecule has 10 heterocycles. The molecule has 728 valence electrons. The van der Waals surface area contributed by atoms with Crippen molar-refractivity contribution in [2.75, 3.05) is 85.9 Å². The van der Waals surface area contributed by atoms with Crippen LogP contribution in [0.1, 0.15) is 119 Å². The van der Waals surface area contributed by atoms with Gasteiger partial charge in [-0.1, -0.05) is 163 Å². The number of aliphatic hydroxyl groups excluding tert-OH is 2. The summed E-state index contributed by atoms with van der Waals surface area (Å²) in [7, 11) is 0. The number of aliphatic hydroxyl groups is 2. The number of aldehydes is 1. The van der Waals surface area contributed by atoms with Crippen molar-refractivity contribution in [3.8, 4) is 28.7 Å². The van der Waals surface area contributed by atoms with Gasteiger partial charge < -0.3 is 105 Å². The molecule has 28 heteroatoms. The van der Waals surface area contributed by atoms with Crippen LogP contribution in [0.2, 0.25) is 0 Å². The molecule has 21 rings (SSSR count). The Morgan fingerprint density at radius 3 is 0.889 bits per heavy atom. The number of esters is 5. The number of fused-ring (bicyclic) bond motifs is 6. The highest BCUT2D eigenvalue weighted by molar-refractivity contribution is 5.91. The molecule has 0 radical (unpaired) electrons. The van der Waals surface area contributed by atoms with Gasteiger partial charge in [-0.25, -0.2) is 0 Å². The minimum atomic E-state index is -0.961. The molecule has 6 aliphatic carbocycles. The van der Waals surface area contributed by atoms with E-state index in [0.29, 0.717) is 177 Å². The molecule has 135 heavy (non-hydrogen) atoms. The number of hydrogen-bond acceptors (Lipinski definition) is 28.